The first kappa shape index (κ1) is 21.9. The number of ether oxygens (including phenoxy) is 1. The number of hydrogen-bond donors (Lipinski definition) is 1. The lowest BCUT2D eigenvalue weighted by atomic mass is 10.3. The highest BCUT2D eigenvalue weighted by molar-refractivity contribution is 7.47. The molecular weight excluding hydrogens is 291 g/mol. The summed E-state index contributed by atoms with van der Waals surface area (Å²) in [4.78, 5) is 9.16. The smallest absolute Gasteiger partial charge is 0.404 e. The van der Waals surface area contributed by atoms with Gasteiger partial charge in [-0.25, -0.2) is 4.57 Å². The van der Waals surface area contributed by atoms with Crippen LogP contribution in [0.15, 0.2) is 56.1 Å². The van der Waals surface area contributed by atoms with Crippen LogP contribution >= 0.6 is 7.82 Å². The number of rotatable bonds is 7. The highest BCUT2D eigenvalue weighted by Crippen LogP contribution is 2.43. The van der Waals surface area contributed by atoms with Gasteiger partial charge in [0.2, 0.25) is 0 Å². The van der Waals surface area contributed by atoms with Crippen molar-refractivity contribution in [2.45, 2.75) is 13.8 Å². The lowest BCUT2D eigenvalue weighted by Gasteiger charge is -2.11. The first-order valence-corrected chi connectivity index (χ1v) is 7.95. The fourth-order valence-electron chi connectivity index (χ4n) is 0.992. The summed E-state index contributed by atoms with van der Waals surface area (Å²) in [7, 11) is -4.00. The molecule has 120 valence electrons. The quantitative estimate of drug-likeness (QED) is 0.603. The summed E-state index contributed by atoms with van der Waals surface area (Å²) >= 11 is 0. The number of phosphoric ester groups is 1. The van der Waals surface area contributed by atoms with Crippen LogP contribution in [0.4, 0.5) is 0 Å². The van der Waals surface area contributed by atoms with Crippen LogP contribution in [0.3, 0.4) is 0 Å². The maximum atomic E-state index is 11.2. The lowest BCUT2D eigenvalue weighted by molar-refractivity contribution is 0.162. The molecule has 0 saturated carbocycles. The molecule has 1 rings (SSSR count). The molecular formula is C15H25O5P. The Morgan fingerprint density at radius 1 is 1.19 bits per heavy atom. The summed E-state index contributed by atoms with van der Waals surface area (Å²) in [5, 5.41) is 0. The molecule has 0 aliphatic rings. The Labute approximate surface area is 127 Å². The van der Waals surface area contributed by atoms with Crippen LogP contribution in [0.2, 0.25) is 0 Å². The number of benzene rings is 1. The first-order chi connectivity index (χ1) is 10.1. The van der Waals surface area contributed by atoms with E-state index in [1.165, 1.54) is 6.08 Å². The van der Waals surface area contributed by atoms with Gasteiger partial charge in [0, 0.05) is 13.2 Å². The molecule has 0 aromatic heterocycles. The van der Waals surface area contributed by atoms with Gasteiger partial charge in [0.05, 0.1) is 6.61 Å². The minimum absolute atomic E-state index is 0.0272. The van der Waals surface area contributed by atoms with Gasteiger partial charge in [-0.3, -0.25) is 9.42 Å². The molecule has 0 fully saturated rings. The van der Waals surface area contributed by atoms with Gasteiger partial charge in [0.1, 0.15) is 5.75 Å². The van der Waals surface area contributed by atoms with Gasteiger partial charge in [0.15, 0.2) is 0 Å². The molecule has 21 heavy (non-hydrogen) atoms. The third kappa shape index (κ3) is 14.8. The largest absolute Gasteiger partial charge is 0.527 e. The average molecular weight is 316 g/mol. The zero-order chi connectivity index (χ0) is 16.6. The molecule has 0 radical (unpaired) electrons. The minimum Gasteiger partial charge on any atom is -0.404 e. The van der Waals surface area contributed by atoms with Gasteiger partial charge >= 0.3 is 7.82 Å². The topological polar surface area (TPSA) is 65.0 Å². The van der Waals surface area contributed by atoms with Crippen molar-refractivity contribution in [3.05, 3.63) is 56.1 Å². The molecule has 6 heteroatoms. The van der Waals surface area contributed by atoms with Crippen molar-refractivity contribution in [2.75, 3.05) is 19.8 Å². The van der Waals surface area contributed by atoms with E-state index >= 15 is 0 Å². The fraction of sp³-hybridized carbons (Fsp3) is 0.333. The molecule has 1 atom stereocenters. The number of phosphoric acid groups is 1. The van der Waals surface area contributed by atoms with Crippen LogP contribution in [0.5, 0.6) is 5.75 Å². The standard InChI is InChI=1S/C9H11O4P.C4H10O.C2H4/c1-2-8-12-14(10,11)13-9-6-4-3-5-7-9;1-3-5-4-2;1-2/h2-7H,1,8H2,(H,10,11);3-4H2,1-2H3;1-2H2. The van der Waals surface area contributed by atoms with Crippen LogP contribution < -0.4 is 4.52 Å². The zero-order valence-corrected chi connectivity index (χ0v) is 13.6. The van der Waals surface area contributed by atoms with E-state index in [1.807, 2.05) is 13.8 Å². The SMILES string of the molecule is C=C.C=CCOP(=O)(O)Oc1ccccc1.CCOCC. The average Bonchev–Trinajstić information content (AvgIpc) is 2.49. The molecule has 0 spiro atoms. The normalized spacial score (nSPS) is 11.8. The first-order valence-electron chi connectivity index (χ1n) is 6.46. The molecule has 0 bridgehead atoms. The molecule has 0 amide bonds. The Hall–Kier alpha value is -1.39. The lowest BCUT2D eigenvalue weighted by Crippen LogP contribution is -1.96. The Bertz CT molecular complexity index is 392. The summed E-state index contributed by atoms with van der Waals surface area (Å²) in [6.07, 6.45) is 1.37. The third-order valence-electron chi connectivity index (χ3n) is 1.73. The van der Waals surface area contributed by atoms with Crippen molar-refractivity contribution in [3.8, 4) is 5.75 Å². The number of para-hydroxylation sites is 1. The highest BCUT2D eigenvalue weighted by atomic mass is 31.2. The van der Waals surface area contributed by atoms with E-state index in [1.54, 1.807) is 30.3 Å². The summed E-state index contributed by atoms with van der Waals surface area (Å²) in [6, 6.07) is 8.31. The van der Waals surface area contributed by atoms with Gasteiger partial charge in [-0.15, -0.1) is 19.7 Å². The zero-order valence-electron chi connectivity index (χ0n) is 12.7. The van der Waals surface area contributed by atoms with Gasteiger partial charge in [0.25, 0.3) is 0 Å². The van der Waals surface area contributed by atoms with E-state index in [-0.39, 0.29) is 6.61 Å². The molecule has 5 nitrogen and oxygen atoms in total. The van der Waals surface area contributed by atoms with Crippen molar-refractivity contribution in [2.24, 2.45) is 0 Å². The van der Waals surface area contributed by atoms with Crippen molar-refractivity contribution >= 4 is 7.82 Å². The second-order valence-corrected chi connectivity index (χ2v) is 4.62. The van der Waals surface area contributed by atoms with Crippen molar-refractivity contribution in [3.63, 3.8) is 0 Å². The van der Waals surface area contributed by atoms with Crippen molar-refractivity contribution in [1.29, 1.82) is 0 Å². The Balaban J connectivity index is 0. The second-order valence-electron chi connectivity index (χ2n) is 3.24. The van der Waals surface area contributed by atoms with E-state index in [4.69, 9.17) is 14.2 Å². The van der Waals surface area contributed by atoms with Crippen LogP contribution in [0.1, 0.15) is 13.8 Å². The van der Waals surface area contributed by atoms with Gasteiger partial charge in [-0.2, -0.15) is 0 Å². The highest BCUT2D eigenvalue weighted by Gasteiger charge is 2.21. The molecule has 0 aliphatic carbocycles. The van der Waals surface area contributed by atoms with Crippen LogP contribution in [0, 0.1) is 0 Å². The molecule has 0 saturated heterocycles. The van der Waals surface area contributed by atoms with E-state index in [0.717, 1.165) is 13.2 Å². The fourth-order valence-corrected chi connectivity index (χ4v) is 1.73. The van der Waals surface area contributed by atoms with Crippen molar-refractivity contribution in [1.82, 2.24) is 0 Å². The Kier molecular flexibility index (Phi) is 15.7. The van der Waals surface area contributed by atoms with Gasteiger partial charge in [-0.1, -0.05) is 24.3 Å². The van der Waals surface area contributed by atoms with Gasteiger partial charge < -0.3 is 9.26 Å². The summed E-state index contributed by atoms with van der Waals surface area (Å²) in [5.41, 5.74) is 0. The third-order valence-corrected chi connectivity index (χ3v) is 2.64. The molecule has 1 aromatic carbocycles. The van der Waals surface area contributed by atoms with Crippen molar-refractivity contribution < 1.29 is 23.2 Å². The van der Waals surface area contributed by atoms with Crippen LogP contribution in [0.25, 0.3) is 0 Å². The molecule has 0 aliphatic heterocycles. The minimum atomic E-state index is -4.00. The monoisotopic (exact) mass is 316 g/mol. The predicted octanol–water partition coefficient (Wildman–Crippen LogP) is 4.21. The van der Waals surface area contributed by atoms with E-state index in [2.05, 4.69) is 24.3 Å². The van der Waals surface area contributed by atoms with Gasteiger partial charge in [-0.05, 0) is 26.0 Å². The van der Waals surface area contributed by atoms with Crippen LogP contribution in [-0.4, -0.2) is 24.7 Å². The Morgan fingerprint density at radius 3 is 2.10 bits per heavy atom. The summed E-state index contributed by atoms with van der Waals surface area (Å²) in [6.45, 7) is 15.0. The predicted molar refractivity (Wildman–Crippen MR) is 86.5 cm³/mol. The molecule has 1 N–H and O–H groups in total. The maximum Gasteiger partial charge on any atom is 0.527 e. The Morgan fingerprint density at radius 2 is 1.71 bits per heavy atom. The molecule has 0 heterocycles. The van der Waals surface area contributed by atoms with E-state index < -0.39 is 7.82 Å². The maximum absolute atomic E-state index is 11.2. The second kappa shape index (κ2) is 15.0. The summed E-state index contributed by atoms with van der Waals surface area (Å²) in [5.74, 6) is 0.294. The summed E-state index contributed by atoms with van der Waals surface area (Å²) < 4.78 is 25.3. The molecule has 1 unspecified atom stereocenters. The van der Waals surface area contributed by atoms with E-state index in [0.29, 0.717) is 5.75 Å². The van der Waals surface area contributed by atoms with Crippen LogP contribution in [-0.2, 0) is 13.8 Å². The van der Waals surface area contributed by atoms with E-state index in [9.17, 15) is 4.57 Å². The molecule has 1 aromatic rings. The number of hydrogen-bond acceptors (Lipinski definition) is 4.